The number of hydrogen-bond acceptors (Lipinski definition) is 6. The maximum Gasteiger partial charge on any atom is 0.227 e. The summed E-state index contributed by atoms with van der Waals surface area (Å²) >= 11 is 0. The molecule has 1 aliphatic heterocycles. The Bertz CT molecular complexity index is 845. The van der Waals surface area contributed by atoms with Crippen molar-refractivity contribution in [2.75, 3.05) is 40.6 Å². The Kier molecular flexibility index (Phi) is 7.78. The zero-order valence-electron chi connectivity index (χ0n) is 19.2. The number of carbonyl (C=O) groups is 1. The molecule has 7 nitrogen and oxygen atoms in total. The summed E-state index contributed by atoms with van der Waals surface area (Å²) in [7, 11) is 2.05. The van der Waals surface area contributed by atoms with E-state index in [-0.39, 0.29) is 29.3 Å². The second-order valence-electron chi connectivity index (χ2n) is 8.89. The van der Waals surface area contributed by atoms with Gasteiger partial charge in [-0.2, -0.15) is 0 Å². The van der Waals surface area contributed by atoms with Crippen LogP contribution in [0.1, 0.15) is 44.1 Å². The van der Waals surface area contributed by atoms with Crippen molar-refractivity contribution in [1.29, 1.82) is 0 Å². The Morgan fingerprint density at radius 1 is 1.13 bits per heavy atom. The lowest BCUT2D eigenvalue weighted by atomic mass is 9.82. The quantitative estimate of drug-likeness (QED) is 0.592. The maximum atomic E-state index is 13.1. The van der Waals surface area contributed by atoms with Gasteiger partial charge in [-0.3, -0.25) is 9.69 Å². The van der Waals surface area contributed by atoms with Gasteiger partial charge in [0.05, 0.1) is 11.3 Å². The number of benzene rings is 1. The molecule has 0 spiro atoms. The number of carbonyl (C=O) groups excluding carboxylic acids is 1. The summed E-state index contributed by atoms with van der Waals surface area (Å²) < 4.78 is 34.9. The smallest absolute Gasteiger partial charge is 0.227 e. The SMILES string of the molecule is COC1(OC)CCC(N(C)C(=O)Cc2ccc(S(C)(=O)=O)cc2)C(N2CCCCC2)C1. The Labute approximate surface area is 186 Å². The molecule has 2 atom stereocenters. The van der Waals surface area contributed by atoms with E-state index in [9.17, 15) is 13.2 Å². The van der Waals surface area contributed by atoms with Crippen molar-refractivity contribution in [1.82, 2.24) is 9.80 Å². The molecule has 31 heavy (non-hydrogen) atoms. The Morgan fingerprint density at radius 2 is 1.74 bits per heavy atom. The van der Waals surface area contributed by atoms with Gasteiger partial charge < -0.3 is 14.4 Å². The minimum absolute atomic E-state index is 0.0430. The molecule has 1 aliphatic carbocycles. The van der Waals surface area contributed by atoms with Crippen LogP contribution in [0.4, 0.5) is 0 Å². The van der Waals surface area contributed by atoms with Gasteiger partial charge in [-0.05, 0) is 50.0 Å². The third kappa shape index (κ3) is 5.66. The number of likely N-dealkylation sites (tertiary alicyclic amines) is 1. The zero-order valence-corrected chi connectivity index (χ0v) is 20.0. The molecule has 2 fully saturated rings. The number of nitrogens with zero attached hydrogens (tertiary/aromatic N) is 2. The first-order valence-electron chi connectivity index (χ1n) is 11.1. The molecular weight excluding hydrogens is 416 g/mol. The molecule has 1 aromatic carbocycles. The minimum Gasteiger partial charge on any atom is -0.353 e. The van der Waals surface area contributed by atoms with Gasteiger partial charge in [0.25, 0.3) is 0 Å². The van der Waals surface area contributed by atoms with Crippen molar-refractivity contribution in [2.24, 2.45) is 0 Å². The van der Waals surface area contributed by atoms with Gasteiger partial charge in [0.15, 0.2) is 15.6 Å². The third-order valence-corrected chi connectivity index (χ3v) is 8.12. The van der Waals surface area contributed by atoms with E-state index in [4.69, 9.17) is 9.47 Å². The van der Waals surface area contributed by atoms with Crippen molar-refractivity contribution in [3.8, 4) is 0 Å². The highest BCUT2D eigenvalue weighted by atomic mass is 32.2. The average molecular weight is 453 g/mol. The third-order valence-electron chi connectivity index (χ3n) is 6.99. The molecule has 174 valence electrons. The Hall–Kier alpha value is -1.48. The van der Waals surface area contributed by atoms with Crippen LogP contribution >= 0.6 is 0 Å². The molecule has 0 radical (unpaired) electrons. The highest BCUT2D eigenvalue weighted by molar-refractivity contribution is 7.90. The first-order valence-corrected chi connectivity index (χ1v) is 13.0. The van der Waals surface area contributed by atoms with Gasteiger partial charge in [0, 0.05) is 52.4 Å². The number of ether oxygens (including phenoxy) is 2. The Balaban J connectivity index is 1.74. The first-order chi connectivity index (χ1) is 14.7. The molecule has 0 N–H and O–H groups in total. The normalized spacial score (nSPS) is 24.6. The summed E-state index contributed by atoms with van der Waals surface area (Å²) in [5.41, 5.74) is 0.817. The van der Waals surface area contributed by atoms with E-state index in [1.165, 1.54) is 25.5 Å². The highest BCUT2D eigenvalue weighted by Crippen LogP contribution is 2.37. The van der Waals surface area contributed by atoms with Crippen LogP contribution in [0.25, 0.3) is 0 Å². The van der Waals surface area contributed by atoms with E-state index in [0.717, 1.165) is 37.9 Å². The first kappa shape index (κ1) is 24.2. The van der Waals surface area contributed by atoms with Crippen molar-refractivity contribution >= 4 is 15.7 Å². The molecule has 1 aromatic rings. The lowest BCUT2D eigenvalue weighted by Gasteiger charge is -2.50. The second-order valence-corrected chi connectivity index (χ2v) is 10.9. The molecule has 1 heterocycles. The highest BCUT2D eigenvalue weighted by Gasteiger charge is 2.46. The largest absolute Gasteiger partial charge is 0.353 e. The summed E-state index contributed by atoms with van der Waals surface area (Å²) in [6.07, 6.45) is 7.36. The van der Waals surface area contributed by atoms with Crippen LogP contribution in [0.3, 0.4) is 0 Å². The monoisotopic (exact) mass is 452 g/mol. The maximum absolute atomic E-state index is 13.1. The van der Waals surface area contributed by atoms with E-state index in [1.54, 1.807) is 38.5 Å². The fraction of sp³-hybridized carbons (Fsp3) is 0.696. The number of likely N-dealkylation sites (N-methyl/N-ethyl adjacent to an activating group) is 1. The zero-order chi connectivity index (χ0) is 22.6. The van der Waals surface area contributed by atoms with Gasteiger partial charge in [-0.1, -0.05) is 18.6 Å². The molecule has 0 bridgehead atoms. The minimum atomic E-state index is -3.24. The number of methoxy groups -OCH3 is 2. The van der Waals surface area contributed by atoms with Gasteiger partial charge in [0.1, 0.15) is 0 Å². The molecule has 1 saturated carbocycles. The summed E-state index contributed by atoms with van der Waals surface area (Å²) in [6, 6.07) is 6.88. The molecular formula is C23H36N2O5S. The van der Waals surface area contributed by atoms with Crippen LogP contribution in [-0.4, -0.2) is 82.6 Å². The number of hydrogen-bond donors (Lipinski definition) is 0. The van der Waals surface area contributed by atoms with Crippen molar-refractivity contribution in [2.45, 2.75) is 67.7 Å². The van der Waals surface area contributed by atoms with Gasteiger partial charge in [0.2, 0.25) is 5.91 Å². The van der Waals surface area contributed by atoms with Crippen LogP contribution < -0.4 is 0 Å². The molecule has 0 aromatic heterocycles. The molecule has 1 saturated heterocycles. The van der Waals surface area contributed by atoms with Crippen LogP contribution in [0.2, 0.25) is 0 Å². The van der Waals surface area contributed by atoms with Crippen LogP contribution in [0.15, 0.2) is 29.2 Å². The second kappa shape index (κ2) is 9.98. The molecule has 2 aliphatic rings. The predicted octanol–water partition coefficient (Wildman–Crippen LogP) is 2.49. The number of sulfone groups is 1. The predicted molar refractivity (Wildman–Crippen MR) is 120 cm³/mol. The van der Waals surface area contributed by atoms with Crippen LogP contribution in [0.5, 0.6) is 0 Å². The molecule has 1 amide bonds. The van der Waals surface area contributed by atoms with Gasteiger partial charge in [-0.25, -0.2) is 8.42 Å². The van der Waals surface area contributed by atoms with Crippen LogP contribution in [-0.2, 0) is 30.5 Å². The number of rotatable bonds is 7. The van der Waals surface area contributed by atoms with E-state index in [0.29, 0.717) is 0 Å². The number of piperidine rings is 1. The van der Waals surface area contributed by atoms with E-state index in [2.05, 4.69) is 4.90 Å². The Morgan fingerprint density at radius 3 is 2.29 bits per heavy atom. The van der Waals surface area contributed by atoms with Gasteiger partial charge in [-0.15, -0.1) is 0 Å². The van der Waals surface area contributed by atoms with Crippen molar-refractivity contribution in [3.05, 3.63) is 29.8 Å². The lowest BCUT2D eigenvalue weighted by molar-refractivity contribution is -0.239. The van der Waals surface area contributed by atoms with E-state index < -0.39 is 15.6 Å². The van der Waals surface area contributed by atoms with Crippen LogP contribution in [0, 0.1) is 0 Å². The molecule has 8 heteroatoms. The molecule has 2 unspecified atom stereocenters. The topological polar surface area (TPSA) is 76.1 Å². The van der Waals surface area contributed by atoms with Crippen molar-refractivity contribution < 1.29 is 22.7 Å². The fourth-order valence-electron chi connectivity index (χ4n) is 4.98. The summed E-state index contributed by atoms with van der Waals surface area (Å²) in [4.78, 5) is 17.8. The van der Waals surface area contributed by atoms with Gasteiger partial charge >= 0.3 is 0 Å². The summed E-state index contributed by atoms with van der Waals surface area (Å²) in [5.74, 6) is -0.550. The van der Waals surface area contributed by atoms with E-state index in [1.807, 2.05) is 11.9 Å². The van der Waals surface area contributed by atoms with E-state index >= 15 is 0 Å². The fourth-order valence-corrected chi connectivity index (χ4v) is 5.61. The summed E-state index contributed by atoms with van der Waals surface area (Å²) in [6.45, 7) is 2.08. The average Bonchev–Trinajstić information content (AvgIpc) is 2.78. The lowest BCUT2D eigenvalue weighted by Crippen LogP contribution is -2.60. The summed E-state index contributed by atoms with van der Waals surface area (Å²) in [5, 5.41) is 0. The number of amides is 1. The standard InChI is InChI=1S/C23H36N2O5S/c1-24(22(26)16-18-8-10-19(11-9-18)31(4,27)28)20-12-13-23(29-2,30-3)17-21(20)25-14-6-5-7-15-25/h8-11,20-21H,5-7,12-17H2,1-4H3. The molecule has 3 rings (SSSR count). The van der Waals surface area contributed by atoms with Crippen molar-refractivity contribution in [3.63, 3.8) is 0 Å².